The predicted octanol–water partition coefficient (Wildman–Crippen LogP) is 1.42. The molecule has 104 valence electrons. The van der Waals surface area contributed by atoms with Crippen LogP contribution in [0.5, 0.6) is 0 Å². The van der Waals surface area contributed by atoms with Crippen molar-refractivity contribution >= 4 is 11.9 Å². The number of hydrogen-bond acceptors (Lipinski definition) is 3. The standard InChI is InChI=1S/C13H23NO4/c1-9(2)18-8-12(15)14-7-10-3-5-11(6-4-10)13(16)17/h9-11H,3-8H2,1-2H3,(H,14,15)(H,16,17). The van der Waals surface area contributed by atoms with Crippen LogP contribution in [-0.2, 0) is 14.3 Å². The number of rotatable bonds is 6. The predicted molar refractivity (Wildman–Crippen MR) is 67.2 cm³/mol. The summed E-state index contributed by atoms with van der Waals surface area (Å²) in [5.74, 6) is -0.572. The lowest BCUT2D eigenvalue weighted by Gasteiger charge is -2.26. The molecule has 0 aromatic rings. The van der Waals surface area contributed by atoms with Gasteiger partial charge in [-0.15, -0.1) is 0 Å². The first-order chi connectivity index (χ1) is 8.49. The molecule has 1 saturated carbocycles. The van der Waals surface area contributed by atoms with Gasteiger partial charge in [0.2, 0.25) is 5.91 Å². The fraction of sp³-hybridized carbons (Fsp3) is 0.846. The van der Waals surface area contributed by atoms with Crippen LogP contribution in [0.25, 0.3) is 0 Å². The second-order valence-electron chi connectivity index (χ2n) is 5.22. The van der Waals surface area contributed by atoms with Crippen molar-refractivity contribution in [3.63, 3.8) is 0 Å². The van der Waals surface area contributed by atoms with E-state index in [1.165, 1.54) is 0 Å². The van der Waals surface area contributed by atoms with Crippen LogP contribution in [0.4, 0.5) is 0 Å². The highest BCUT2D eigenvalue weighted by molar-refractivity contribution is 5.77. The molecule has 0 radical (unpaired) electrons. The quantitative estimate of drug-likeness (QED) is 0.754. The highest BCUT2D eigenvalue weighted by atomic mass is 16.5. The zero-order chi connectivity index (χ0) is 13.5. The molecule has 5 nitrogen and oxygen atoms in total. The van der Waals surface area contributed by atoms with Crippen molar-refractivity contribution in [2.45, 2.75) is 45.6 Å². The molecule has 1 rings (SSSR count). The number of aliphatic carboxylic acids is 1. The summed E-state index contributed by atoms with van der Waals surface area (Å²) in [6.45, 7) is 4.51. The maximum absolute atomic E-state index is 11.4. The third-order valence-electron chi connectivity index (χ3n) is 3.33. The molecule has 0 saturated heterocycles. The highest BCUT2D eigenvalue weighted by Gasteiger charge is 2.25. The first-order valence-corrected chi connectivity index (χ1v) is 6.60. The molecule has 0 aliphatic heterocycles. The Hall–Kier alpha value is -1.10. The number of hydrogen-bond donors (Lipinski definition) is 2. The zero-order valence-electron chi connectivity index (χ0n) is 11.1. The number of carboxylic acids is 1. The van der Waals surface area contributed by atoms with Gasteiger partial charge in [-0.25, -0.2) is 0 Å². The molecule has 0 atom stereocenters. The van der Waals surface area contributed by atoms with Gasteiger partial charge in [0, 0.05) is 6.54 Å². The monoisotopic (exact) mass is 257 g/mol. The summed E-state index contributed by atoms with van der Waals surface area (Å²) in [6.07, 6.45) is 3.25. The van der Waals surface area contributed by atoms with Gasteiger partial charge in [0.15, 0.2) is 0 Å². The molecule has 0 bridgehead atoms. The van der Waals surface area contributed by atoms with E-state index in [2.05, 4.69) is 5.32 Å². The van der Waals surface area contributed by atoms with E-state index in [0.29, 0.717) is 12.5 Å². The Balaban J connectivity index is 2.14. The van der Waals surface area contributed by atoms with Crippen molar-refractivity contribution in [2.24, 2.45) is 11.8 Å². The third kappa shape index (κ3) is 5.49. The number of carbonyl (C=O) groups is 2. The SMILES string of the molecule is CC(C)OCC(=O)NCC1CCC(C(=O)O)CC1. The summed E-state index contributed by atoms with van der Waals surface area (Å²) < 4.78 is 5.20. The van der Waals surface area contributed by atoms with E-state index in [0.717, 1.165) is 25.7 Å². The number of carbonyl (C=O) groups excluding carboxylic acids is 1. The summed E-state index contributed by atoms with van der Waals surface area (Å²) in [5.41, 5.74) is 0. The fourth-order valence-electron chi connectivity index (χ4n) is 2.17. The van der Waals surface area contributed by atoms with Gasteiger partial charge < -0.3 is 15.2 Å². The maximum Gasteiger partial charge on any atom is 0.306 e. The molecular weight excluding hydrogens is 234 g/mol. The van der Waals surface area contributed by atoms with Crippen LogP contribution < -0.4 is 5.32 Å². The normalized spacial score (nSPS) is 23.9. The van der Waals surface area contributed by atoms with Crippen molar-refractivity contribution in [3.05, 3.63) is 0 Å². The summed E-state index contributed by atoms with van der Waals surface area (Å²) >= 11 is 0. The Morgan fingerprint density at radius 2 is 1.89 bits per heavy atom. The molecule has 0 heterocycles. The topological polar surface area (TPSA) is 75.6 Å². The van der Waals surface area contributed by atoms with Gasteiger partial charge in [-0.1, -0.05) is 0 Å². The minimum atomic E-state index is -0.692. The van der Waals surface area contributed by atoms with Crippen LogP contribution in [0.1, 0.15) is 39.5 Å². The minimum absolute atomic E-state index is 0.0572. The van der Waals surface area contributed by atoms with Gasteiger partial charge >= 0.3 is 5.97 Å². The van der Waals surface area contributed by atoms with Crippen LogP contribution in [0, 0.1) is 11.8 Å². The molecule has 1 aliphatic carbocycles. The molecule has 18 heavy (non-hydrogen) atoms. The largest absolute Gasteiger partial charge is 0.481 e. The lowest BCUT2D eigenvalue weighted by molar-refractivity contribution is -0.143. The van der Waals surface area contributed by atoms with E-state index in [9.17, 15) is 9.59 Å². The second-order valence-corrected chi connectivity index (χ2v) is 5.22. The van der Waals surface area contributed by atoms with E-state index in [-0.39, 0.29) is 24.5 Å². The van der Waals surface area contributed by atoms with Crippen LogP contribution in [0.2, 0.25) is 0 Å². The van der Waals surface area contributed by atoms with Crippen LogP contribution in [-0.4, -0.2) is 36.2 Å². The summed E-state index contributed by atoms with van der Waals surface area (Å²) in [7, 11) is 0. The Kier molecular flexibility index (Phi) is 6.12. The molecular formula is C13H23NO4. The number of carboxylic acid groups (broad SMARTS) is 1. The third-order valence-corrected chi connectivity index (χ3v) is 3.33. The first-order valence-electron chi connectivity index (χ1n) is 6.60. The lowest BCUT2D eigenvalue weighted by Crippen LogP contribution is -2.34. The summed E-state index contributed by atoms with van der Waals surface area (Å²) in [4.78, 5) is 22.2. The lowest BCUT2D eigenvalue weighted by atomic mass is 9.82. The molecule has 5 heteroatoms. The van der Waals surface area contributed by atoms with Crippen molar-refractivity contribution in [1.29, 1.82) is 0 Å². The summed E-state index contributed by atoms with van der Waals surface area (Å²) in [6, 6.07) is 0. The van der Waals surface area contributed by atoms with Crippen LogP contribution in [0.15, 0.2) is 0 Å². The average Bonchev–Trinajstić information content (AvgIpc) is 2.34. The first kappa shape index (κ1) is 15.0. The molecule has 0 aromatic heterocycles. The number of ether oxygens (including phenoxy) is 1. The second kappa shape index (κ2) is 7.36. The molecule has 0 aromatic carbocycles. The number of amides is 1. The van der Waals surface area contributed by atoms with Gasteiger partial charge in [0.1, 0.15) is 6.61 Å². The molecule has 2 N–H and O–H groups in total. The van der Waals surface area contributed by atoms with Gasteiger partial charge in [-0.3, -0.25) is 9.59 Å². The van der Waals surface area contributed by atoms with Gasteiger partial charge in [-0.2, -0.15) is 0 Å². The van der Waals surface area contributed by atoms with Crippen molar-refractivity contribution in [1.82, 2.24) is 5.32 Å². The number of nitrogens with one attached hydrogen (secondary N) is 1. The fourth-order valence-corrected chi connectivity index (χ4v) is 2.17. The van der Waals surface area contributed by atoms with E-state index in [1.807, 2.05) is 13.8 Å². The van der Waals surface area contributed by atoms with Crippen molar-refractivity contribution in [2.75, 3.05) is 13.2 Å². The van der Waals surface area contributed by atoms with E-state index >= 15 is 0 Å². The van der Waals surface area contributed by atoms with Crippen molar-refractivity contribution < 1.29 is 19.4 Å². The smallest absolute Gasteiger partial charge is 0.306 e. The van der Waals surface area contributed by atoms with E-state index < -0.39 is 5.97 Å². The average molecular weight is 257 g/mol. The Morgan fingerprint density at radius 1 is 1.28 bits per heavy atom. The van der Waals surface area contributed by atoms with Gasteiger partial charge in [-0.05, 0) is 45.4 Å². The van der Waals surface area contributed by atoms with E-state index in [1.54, 1.807) is 0 Å². The van der Waals surface area contributed by atoms with Gasteiger partial charge in [0.25, 0.3) is 0 Å². The van der Waals surface area contributed by atoms with E-state index in [4.69, 9.17) is 9.84 Å². The maximum atomic E-state index is 11.4. The summed E-state index contributed by atoms with van der Waals surface area (Å²) in [5, 5.41) is 11.7. The molecule has 0 unspecified atom stereocenters. The Labute approximate surface area is 108 Å². The van der Waals surface area contributed by atoms with Crippen LogP contribution >= 0.6 is 0 Å². The molecule has 1 fully saturated rings. The molecule has 1 amide bonds. The zero-order valence-corrected chi connectivity index (χ0v) is 11.1. The molecule has 0 spiro atoms. The Bertz CT molecular complexity index is 283. The minimum Gasteiger partial charge on any atom is -0.481 e. The van der Waals surface area contributed by atoms with Crippen molar-refractivity contribution in [3.8, 4) is 0 Å². The van der Waals surface area contributed by atoms with Crippen LogP contribution in [0.3, 0.4) is 0 Å². The highest BCUT2D eigenvalue weighted by Crippen LogP contribution is 2.28. The Morgan fingerprint density at radius 3 is 2.39 bits per heavy atom. The van der Waals surface area contributed by atoms with Gasteiger partial charge in [0.05, 0.1) is 12.0 Å². The molecule has 1 aliphatic rings.